The van der Waals surface area contributed by atoms with Crippen LogP contribution in [0.3, 0.4) is 0 Å². The molecule has 1 amide bonds. The fourth-order valence-corrected chi connectivity index (χ4v) is 3.38. The normalized spacial score (nSPS) is 33.1. The van der Waals surface area contributed by atoms with Gasteiger partial charge in [0.25, 0.3) is 0 Å². The molecule has 1 saturated carbocycles. The average Bonchev–Trinajstić information content (AvgIpc) is 2.42. The molecule has 18 heavy (non-hydrogen) atoms. The first-order chi connectivity index (χ1) is 8.79. The minimum Gasteiger partial charge on any atom is -0.352 e. The summed E-state index contributed by atoms with van der Waals surface area (Å²) in [6, 6.07) is 0.515. The molecule has 1 heterocycles. The Kier molecular flexibility index (Phi) is 5.48. The summed E-state index contributed by atoms with van der Waals surface area (Å²) in [6.45, 7) is 3.27. The van der Waals surface area contributed by atoms with Crippen molar-refractivity contribution in [2.45, 2.75) is 76.8 Å². The van der Waals surface area contributed by atoms with Crippen molar-refractivity contribution in [3.05, 3.63) is 0 Å². The van der Waals surface area contributed by atoms with Gasteiger partial charge in [-0.2, -0.15) is 0 Å². The zero-order valence-corrected chi connectivity index (χ0v) is 11.7. The third kappa shape index (κ3) is 3.98. The SMILES string of the molecule is CCCC1CCC(NC(=O)[C@@H]2CCCCN2)CC1. The topological polar surface area (TPSA) is 41.1 Å². The second-order valence-electron chi connectivity index (χ2n) is 6.02. The Bertz CT molecular complexity index is 253. The molecule has 2 rings (SSSR count). The van der Waals surface area contributed by atoms with Crippen molar-refractivity contribution < 1.29 is 4.79 Å². The highest BCUT2D eigenvalue weighted by molar-refractivity contribution is 5.82. The maximum absolute atomic E-state index is 12.1. The molecule has 0 aromatic heterocycles. The second kappa shape index (κ2) is 7.13. The largest absolute Gasteiger partial charge is 0.352 e. The first-order valence-electron chi connectivity index (χ1n) is 7.83. The number of carbonyl (C=O) groups excluding carboxylic acids is 1. The van der Waals surface area contributed by atoms with E-state index >= 15 is 0 Å². The van der Waals surface area contributed by atoms with Gasteiger partial charge >= 0.3 is 0 Å². The molecule has 3 heteroatoms. The summed E-state index contributed by atoms with van der Waals surface area (Å²) in [5, 5.41) is 6.58. The maximum atomic E-state index is 12.1. The van der Waals surface area contributed by atoms with Crippen LogP contribution in [0, 0.1) is 5.92 Å². The zero-order valence-electron chi connectivity index (χ0n) is 11.7. The van der Waals surface area contributed by atoms with Crippen LogP contribution < -0.4 is 10.6 Å². The van der Waals surface area contributed by atoms with Gasteiger partial charge in [0.15, 0.2) is 0 Å². The van der Waals surface area contributed by atoms with Crippen LogP contribution in [0.2, 0.25) is 0 Å². The summed E-state index contributed by atoms with van der Waals surface area (Å²) in [4.78, 5) is 12.1. The smallest absolute Gasteiger partial charge is 0.237 e. The summed E-state index contributed by atoms with van der Waals surface area (Å²) in [5.41, 5.74) is 0. The van der Waals surface area contributed by atoms with Gasteiger partial charge in [-0.05, 0) is 51.0 Å². The molecule has 1 aliphatic heterocycles. The molecule has 1 atom stereocenters. The quantitative estimate of drug-likeness (QED) is 0.807. The summed E-state index contributed by atoms with van der Waals surface area (Å²) in [5.74, 6) is 1.16. The van der Waals surface area contributed by atoms with E-state index in [-0.39, 0.29) is 11.9 Å². The van der Waals surface area contributed by atoms with Crippen molar-refractivity contribution in [1.82, 2.24) is 10.6 Å². The van der Waals surface area contributed by atoms with Gasteiger partial charge in [0.1, 0.15) is 0 Å². The number of carbonyl (C=O) groups is 1. The van der Waals surface area contributed by atoms with E-state index in [9.17, 15) is 4.79 Å². The van der Waals surface area contributed by atoms with E-state index in [4.69, 9.17) is 0 Å². The van der Waals surface area contributed by atoms with Crippen LogP contribution in [0.1, 0.15) is 64.7 Å². The molecular weight excluding hydrogens is 224 g/mol. The fraction of sp³-hybridized carbons (Fsp3) is 0.933. The predicted molar refractivity (Wildman–Crippen MR) is 74.4 cm³/mol. The molecule has 0 aromatic rings. The highest BCUT2D eigenvalue weighted by Gasteiger charge is 2.25. The first kappa shape index (κ1) is 13.9. The minimum atomic E-state index is 0.0760. The van der Waals surface area contributed by atoms with Crippen molar-refractivity contribution in [1.29, 1.82) is 0 Å². The number of amides is 1. The van der Waals surface area contributed by atoms with Crippen molar-refractivity contribution in [2.24, 2.45) is 5.92 Å². The van der Waals surface area contributed by atoms with E-state index < -0.39 is 0 Å². The average molecular weight is 252 g/mol. The molecule has 2 aliphatic rings. The van der Waals surface area contributed by atoms with E-state index in [1.54, 1.807) is 0 Å². The minimum absolute atomic E-state index is 0.0760. The molecular formula is C15H28N2O. The lowest BCUT2D eigenvalue weighted by Gasteiger charge is -2.31. The van der Waals surface area contributed by atoms with Gasteiger partial charge in [-0.3, -0.25) is 4.79 Å². The molecule has 0 spiro atoms. The Hall–Kier alpha value is -0.570. The predicted octanol–water partition coefficient (Wildman–Crippen LogP) is 2.60. The Balaban J connectivity index is 1.68. The van der Waals surface area contributed by atoms with E-state index in [1.165, 1.54) is 51.4 Å². The van der Waals surface area contributed by atoms with Gasteiger partial charge in [-0.1, -0.05) is 26.2 Å². The summed E-state index contributed by atoms with van der Waals surface area (Å²) < 4.78 is 0. The molecule has 0 aromatic carbocycles. The highest BCUT2D eigenvalue weighted by atomic mass is 16.2. The summed E-state index contributed by atoms with van der Waals surface area (Å²) in [7, 11) is 0. The lowest BCUT2D eigenvalue weighted by atomic mass is 9.83. The van der Waals surface area contributed by atoms with Gasteiger partial charge in [0.05, 0.1) is 6.04 Å². The molecule has 0 unspecified atom stereocenters. The number of nitrogens with one attached hydrogen (secondary N) is 2. The molecule has 1 aliphatic carbocycles. The van der Waals surface area contributed by atoms with Crippen molar-refractivity contribution in [3.8, 4) is 0 Å². The zero-order chi connectivity index (χ0) is 12.8. The van der Waals surface area contributed by atoms with Crippen LogP contribution >= 0.6 is 0 Å². The van der Waals surface area contributed by atoms with Crippen LogP contribution in [-0.4, -0.2) is 24.5 Å². The molecule has 0 bridgehead atoms. The maximum Gasteiger partial charge on any atom is 0.237 e. The third-order valence-electron chi connectivity index (χ3n) is 4.52. The van der Waals surface area contributed by atoms with E-state index in [0.29, 0.717) is 6.04 Å². The van der Waals surface area contributed by atoms with Gasteiger partial charge in [0.2, 0.25) is 5.91 Å². The summed E-state index contributed by atoms with van der Waals surface area (Å²) >= 11 is 0. The van der Waals surface area contributed by atoms with Gasteiger partial charge in [-0.25, -0.2) is 0 Å². The lowest BCUT2D eigenvalue weighted by molar-refractivity contribution is -0.124. The fourth-order valence-electron chi connectivity index (χ4n) is 3.38. The third-order valence-corrected chi connectivity index (χ3v) is 4.52. The monoisotopic (exact) mass is 252 g/mol. The highest BCUT2D eigenvalue weighted by Crippen LogP contribution is 2.27. The van der Waals surface area contributed by atoms with Gasteiger partial charge < -0.3 is 10.6 Å². The molecule has 2 fully saturated rings. The van der Waals surface area contributed by atoms with E-state index in [1.807, 2.05) is 0 Å². The first-order valence-corrected chi connectivity index (χ1v) is 7.83. The Morgan fingerprint density at radius 2 is 1.94 bits per heavy atom. The van der Waals surface area contributed by atoms with Crippen LogP contribution in [0.5, 0.6) is 0 Å². The molecule has 0 radical (unpaired) electrons. The van der Waals surface area contributed by atoms with Crippen molar-refractivity contribution in [3.63, 3.8) is 0 Å². The molecule has 104 valence electrons. The Morgan fingerprint density at radius 3 is 2.56 bits per heavy atom. The van der Waals surface area contributed by atoms with Crippen LogP contribution in [0.4, 0.5) is 0 Å². The standard InChI is InChI=1S/C15H28N2O/c1-2-5-12-7-9-13(10-8-12)17-15(18)14-6-3-4-11-16-14/h12-14,16H,2-11H2,1H3,(H,17,18)/t12?,13?,14-/m0/s1. The lowest BCUT2D eigenvalue weighted by Crippen LogP contribution is -2.50. The van der Waals surface area contributed by atoms with Gasteiger partial charge in [-0.15, -0.1) is 0 Å². The van der Waals surface area contributed by atoms with Crippen molar-refractivity contribution >= 4 is 5.91 Å². The van der Waals surface area contributed by atoms with E-state index in [0.717, 1.165) is 18.9 Å². The van der Waals surface area contributed by atoms with Crippen LogP contribution in [0.25, 0.3) is 0 Å². The van der Waals surface area contributed by atoms with Gasteiger partial charge in [0, 0.05) is 6.04 Å². The van der Waals surface area contributed by atoms with Crippen LogP contribution in [-0.2, 0) is 4.79 Å². The number of rotatable bonds is 4. The molecule has 2 N–H and O–H groups in total. The van der Waals surface area contributed by atoms with Crippen LogP contribution in [0.15, 0.2) is 0 Å². The Labute approximate surface area is 111 Å². The number of hydrogen-bond acceptors (Lipinski definition) is 2. The molecule has 1 saturated heterocycles. The van der Waals surface area contributed by atoms with E-state index in [2.05, 4.69) is 17.6 Å². The number of hydrogen-bond donors (Lipinski definition) is 2. The second-order valence-corrected chi connectivity index (χ2v) is 6.02. The summed E-state index contributed by atoms with van der Waals surface area (Å²) in [6.07, 6.45) is 11.1. The molecule has 3 nitrogen and oxygen atoms in total. The number of piperidine rings is 1. The van der Waals surface area contributed by atoms with Crippen molar-refractivity contribution in [2.75, 3.05) is 6.54 Å². The Morgan fingerprint density at radius 1 is 1.17 bits per heavy atom.